The molecular formula is C18H22BrF2N5. The number of nitrogens with zero attached hydrogens (tertiary/aromatic N) is 4. The summed E-state index contributed by atoms with van der Waals surface area (Å²) < 4.78 is 28.4. The summed E-state index contributed by atoms with van der Waals surface area (Å²) in [5.41, 5.74) is 1.91. The van der Waals surface area contributed by atoms with Gasteiger partial charge in [-0.2, -0.15) is 10.1 Å². The van der Waals surface area contributed by atoms with E-state index < -0.39 is 5.92 Å². The van der Waals surface area contributed by atoms with Crippen LogP contribution in [-0.2, 0) is 0 Å². The van der Waals surface area contributed by atoms with Crippen LogP contribution in [0.5, 0.6) is 0 Å². The van der Waals surface area contributed by atoms with Crippen LogP contribution in [-0.4, -0.2) is 31.7 Å². The van der Waals surface area contributed by atoms with Crippen molar-refractivity contribution < 1.29 is 8.78 Å². The molecule has 2 fully saturated rings. The zero-order valence-electron chi connectivity index (χ0n) is 14.6. The SMILES string of the molecule is CC(Br)c1cc(NC2CCC(F)(F)CC2)nc(-n2ccc(C3CC3)n2)n1. The molecule has 2 aromatic rings. The van der Waals surface area contributed by atoms with E-state index in [0.29, 0.717) is 30.5 Å². The average molecular weight is 426 g/mol. The molecule has 0 saturated heterocycles. The van der Waals surface area contributed by atoms with Crippen LogP contribution in [0.1, 0.15) is 67.6 Å². The highest BCUT2D eigenvalue weighted by Crippen LogP contribution is 2.39. The van der Waals surface area contributed by atoms with Gasteiger partial charge in [0.1, 0.15) is 5.82 Å². The van der Waals surface area contributed by atoms with Crippen LogP contribution < -0.4 is 5.32 Å². The van der Waals surface area contributed by atoms with Crippen molar-refractivity contribution in [1.29, 1.82) is 0 Å². The predicted molar refractivity (Wildman–Crippen MR) is 99.3 cm³/mol. The van der Waals surface area contributed by atoms with Gasteiger partial charge in [-0.1, -0.05) is 15.9 Å². The maximum absolute atomic E-state index is 13.4. The second-order valence-electron chi connectivity index (χ2n) is 7.33. The Morgan fingerprint density at radius 2 is 1.96 bits per heavy atom. The first-order chi connectivity index (χ1) is 12.4. The molecule has 8 heteroatoms. The molecule has 2 saturated carbocycles. The fourth-order valence-corrected chi connectivity index (χ4v) is 3.51. The third kappa shape index (κ3) is 4.05. The summed E-state index contributed by atoms with van der Waals surface area (Å²) in [5.74, 6) is -0.797. The van der Waals surface area contributed by atoms with E-state index >= 15 is 0 Å². The zero-order valence-corrected chi connectivity index (χ0v) is 16.2. The molecule has 1 N–H and O–H groups in total. The third-order valence-corrected chi connectivity index (χ3v) is 5.49. The second kappa shape index (κ2) is 6.87. The molecule has 2 aliphatic rings. The molecule has 2 aromatic heterocycles. The summed E-state index contributed by atoms with van der Waals surface area (Å²) in [5, 5.41) is 7.92. The Balaban J connectivity index is 1.56. The van der Waals surface area contributed by atoms with Gasteiger partial charge in [-0.25, -0.2) is 18.4 Å². The Labute approximate surface area is 159 Å². The fraction of sp³-hybridized carbons (Fsp3) is 0.611. The van der Waals surface area contributed by atoms with E-state index in [4.69, 9.17) is 0 Å². The van der Waals surface area contributed by atoms with Crippen molar-refractivity contribution in [2.75, 3.05) is 5.32 Å². The summed E-state index contributed by atoms with van der Waals surface area (Å²) in [7, 11) is 0. The van der Waals surface area contributed by atoms with Crippen molar-refractivity contribution in [3.63, 3.8) is 0 Å². The molecule has 0 bridgehead atoms. The van der Waals surface area contributed by atoms with E-state index in [-0.39, 0.29) is 23.7 Å². The lowest BCUT2D eigenvalue weighted by Crippen LogP contribution is -2.32. The minimum Gasteiger partial charge on any atom is -0.367 e. The number of nitrogens with one attached hydrogen (secondary N) is 1. The maximum atomic E-state index is 13.4. The number of halogens is 3. The predicted octanol–water partition coefficient (Wildman–Crippen LogP) is 4.99. The van der Waals surface area contributed by atoms with Gasteiger partial charge in [-0.15, -0.1) is 0 Å². The van der Waals surface area contributed by atoms with Crippen molar-refractivity contribution >= 4 is 21.7 Å². The number of rotatable bonds is 5. The molecule has 4 rings (SSSR count). The summed E-state index contributed by atoms with van der Waals surface area (Å²) in [4.78, 5) is 9.23. The number of hydrogen-bond donors (Lipinski definition) is 1. The Morgan fingerprint density at radius 1 is 1.23 bits per heavy atom. The molecule has 26 heavy (non-hydrogen) atoms. The first-order valence-corrected chi connectivity index (χ1v) is 10.0. The fourth-order valence-electron chi connectivity index (χ4n) is 3.27. The van der Waals surface area contributed by atoms with Crippen molar-refractivity contribution in [3.8, 4) is 5.95 Å². The summed E-state index contributed by atoms with van der Waals surface area (Å²) in [6, 6.07) is 3.90. The Hall–Kier alpha value is -1.57. The lowest BCUT2D eigenvalue weighted by atomic mass is 9.92. The molecule has 1 atom stereocenters. The van der Waals surface area contributed by atoms with E-state index in [1.54, 1.807) is 4.68 Å². The smallest absolute Gasteiger partial charge is 0.252 e. The van der Waals surface area contributed by atoms with Crippen LogP contribution in [0.15, 0.2) is 18.3 Å². The third-order valence-electron chi connectivity index (χ3n) is 5.02. The van der Waals surface area contributed by atoms with E-state index in [1.807, 2.05) is 25.3 Å². The summed E-state index contributed by atoms with van der Waals surface area (Å²) in [6.07, 6.45) is 5.00. The first kappa shape index (κ1) is 17.8. The molecule has 2 aliphatic carbocycles. The Morgan fingerprint density at radius 3 is 2.62 bits per heavy atom. The van der Waals surface area contributed by atoms with Crippen molar-refractivity contribution in [3.05, 3.63) is 29.7 Å². The van der Waals surface area contributed by atoms with Gasteiger partial charge in [0.25, 0.3) is 5.95 Å². The minimum atomic E-state index is -2.53. The second-order valence-corrected chi connectivity index (χ2v) is 8.70. The quantitative estimate of drug-likeness (QED) is 0.685. The largest absolute Gasteiger partial charge is 0.367 e. The van der Waals surface area contributed by atoms with Gasteiger partial charge < -0.3 is 5.32 Å². The molecule has 5 nitrogen and oxygen atoms in total. The van der Waals surface area contributed by atoms with Crippen molar-refractivity contribution in [2.24, 2.45) is 0 Å². The minimum absolute atomic E-state index is 0.00973. The molecule has 0 aliphatic heterocycles. The van der Waals surface area contributed by atoms with Gasteiger partial charge in [-0.3, -0.25) is 0 Å². The van der Waals surface area contributed by atoms with E-state index in [9.17, 15) is 8.78 Å². The molecule has 140 valence electrons. The van der Waals surface area contributed by atoms with Crippen LogP contribution in [0, 0.1) is 0 Å². The Kier molecular flexibility index (Phi) is 4.71. The number of alkyl halides is 3. The number of anilines is 1. The lowest BCUT2D eigenvalue weighted by Gasteiger charge is -2.29. The van der Waals surface area contributed by atoms with Gasteiger partial charge in [0.2, 0.25) is 5.92 Å². The molecule has 1 unspecified atom stereocenters. The van der Waals surface area contributed by atoms with Crippen LogP contribution in [0.4, 0.5) is 14.6 Å². The van der Waals surface area contributed by atoms with Crippen LogP contribution in [0.2, 0.25) is 0 Å². The van der Waals surface area contributed by atoms with Crippen LogP contribution >= 0.6 is 15.9 Å². The van der Waals surface area contributed by atoms with E-state index in [1.165, 1.54) is 12.8 Å². The van der Waals surface area contributed by atoms with Crippen molar-refractivity contribution in [2.45, 2.75) is 68.2 Å². The molecule has 0 amide bonds. The van der Waals surface area contributed by atoms with Gasteiger partial charge in [0.15, 0.2) is 0 Å². The van der Waals surface area contributed by atoms with Gasteiger partial charge in [0, 0.05) is 37.1 Å². The van der Waals surface area contributed by atoms with Crippen molar-refractivity contribution in [1.82, 2.24) is 19.7 Å². The zero-order chi connectivity index (χ0) is 18.3. The van der Waals surface area contributed by atoms with Gasteiger partial charge >= 0.3 is 0 Å². The van der Waals surface area contributed by atoms with E-state index in [2.05, 4.69) is 36.3 Å². The standard InChI is InChI=1S/C18H22BrF2N5/c1-11(19)15-10-16(22-13-4-7-18(20,21)8-5-13)24-17(23-15)26-9-6-14(25-26)12-2-3-12/h6,9-13H,2-5,7-8H2,1H3,(H,22,23,24). The summed E-state index contributed by atoms with van der Waals surface area (Å²) in [6.45, 7) is 2.00. The summed E-state index contributed by atoms with van der Waals surface area (Å²) >= 11 is 3.56. The first-order valence-electron chi connectivity index (χ1n) is 9.13. The highest BCUT2D eigenvalue weighted by atomic mass is 79.9. The topological polar surface area (TPSA) is 55.6 Å². The number of hydrogen-bond acceptors (Lipinski definition) is 4. The molecule has 0 radical (unpaired) electrons. The average Bonchev–Trinajstić information content (AvgIpc) is 3.33. The highest BCUT2D eigenvalue weighted by molar-refractivity contribution is 9.09. The molecule has 0 aromatic carbocycles. The molecule has 2 heterocycles. The van der Waals surface area contributed by atoms with Crippen LogP contribution in [0.25, 0.3) is 5.95 Å². The van der Waals surface area contributed by atoms with E-state index in [0.717, 1.165) is 11.4 Å². The Bertz CT molecular complexity index is 778. The number of aromatic nitrogens is 4. The van der Waals surface area contributed by atoms with Gasteiger partial charge in [0.05, 0.1) is 16.2 Å². The highest BCUT2D eigenvalue weighted by Gasteiger charge is 2.35. The normalized spacial score (nSPS) is 21.5. The van der Waals surface area contributed by atoms with Crippen LogP contribution in [0.3, 0.4) is 0 Å². The maximum Gasteiger partial charge on any atom is 0.252 e. The molecule has 0 spiro atoms. The lowest BCUT2D eigenvalue weighted by molar-refractivity contribution is -0.0361. The molecular weight excluding hydrogens is 404 g/mol. The monoisotopic (exact) mass is 425 g/mol. The van der Waals surface area contributed by atoms with Gasteiger partial charge in [-0.05, 0) is 38.7 Å².